The fourth-order valence-corrected chi connectivity index (χ4v) is 4.27. The van der Waals surface area contributed by atoms with Crippen molar-refractivity contribution < 1.29 is 4.52 Å². The molecule has 1 saturated heterocycles. The largest absolute Gasteiger partial charge is 0.339 e. The fraction of sp³-hybridized carbons (Fsp3) is 0.500. The van der Waals surface area contributed by atoms with Gasteiger partial charge in [0.2, 0.25) is 5.89 Å². The maximum Gasteiger partial charge on any atom is 0.232 e. The van der Waals surface area contributed by atoms with E-state index in [0.29, 0.717) is 11.9 Å². The molecule has 1 aliphatic rings. The number of nitrogens with zero attached hydrogens (tertiary/aromatic N) is 4. The van der Waals surface area contributed by atoms with Crippen LogP contribution in [0.5, 0.6) is 0 Å². The van der Waals surface area contributed by atoms with Crippen molar-refractivity contribution in [2.24, 2.45) is 0 Å². The molecular formula is C18H22N4OS. The fourth-order valence-electron chi connectivity index (χ4n) is 3.13. The second kappa shape index (κ2) is 5.93. The average molecular weight is 342 g/mol. The molecule has 1 aliphatic heterocycles. The molecule has 5 nitrogen and oxygen atoms in total. The Bertz CT molecular complexity index is 815. The number of likely N-dealkylation sites (tertiary alicyclic amines) is 1. The van der Waals surface area contributed by atoms with E-state index in [-0.39, 0.29) is 5.41 Å². The van der Waals surface area contributed by atoms with Crippen molar-refractivity contribution in [3.8, 4) is 0 Å². The molecule has 0 amide bonds. The molecule has 24 heavy (non-hydrogen) atoms. The standard InChI is InChI=1S/C18H22N4OS/c1-18(2,3)17-20-15(21-23-17)11-22-10-6-8-13(22)16-19-12-7-4-5-9-14(12)24-16/h4-5,7,9,13H,6,8,10-11H2,1-3H3. The van der Waals surface area contributed by atoms with E-state index < -0.39 is 0 Å². The zero-order chi connectivity index (χ0) is 16.7. The first-order chi connectivity index (χ1) is 11.5. The number of thiazole rings is 1. The number of benzene rings is 1. The quantitative estimate of drug-likeness (QED) is 0.710. The Labute approximate surface area is 145 Å². The highest BCUT2D eigenvalue weighted by atomic mass is 32.1. The maximum absolute atomic E-state index is 5.43. The minimum atomic E-state index is -0.108. The monoisotopic (exact) mass is 342 g/mol. The van der Waals surface area contributed by atoms with E-state index in [2.05, 4.69) is 54.0 Å². The topological polar surface area (TPSA) is 55.1 Å². The Kier molecular flexibility index (Phi) is 3.89. The van der Waals surface area contributed by atoms with Crippen LogP contribution in [-0.2, 0) is 12.0 Å². The van der Waals surface area contributed by atoms with Crippen LogP contribution in [-0.4, -0.2) is 26.6 Å². The Hall–Kier alpha value is -1.79. The molecule has 1 fully saturated rings. The summed E-state index contributed by atoms with van der Waals surface area (Å²) in [5.74, 6) is 1.47. The zero-order valence-corrected chi connectivity index (χ0v) is 15.1. The van der Waals surface area contributed by atoms with Crippen LogP contribution in [0.25, 0.3) is 10.2 Å². The van der Waals surface area contributed by atoms with Crippen LogP contribution in [0.1, 0.15) is 56.4 Å². The molecule has 0 N–H and O–H groups in total. The summed E-state index contributed by atoms with van der Waals surface area (Å²) < 4.78 is 6.69. The minimum Gasteiger partial charge on any atom is -0.339 e. The number of hydrogen-bond donors (Lipinski definition) is 0. The van der Waals surface area contributed by atoms with E-state index in [9.17, 15) is 0 Å². The second-order valence-corrected chi connectivity index (χ2v) is 8.48. The van der Waals surface area contributed by atoms with Gasteiger partial charge in [0.15, 0.2) is 5.82 Å². The van der Waals surface area contributed by atoms with Gasteiger partial charge in [-0.05, 0) is 31.5 Å². The molecule has 3 aromatic rings. The van der Waals surface area contributed by atoms with Gasteiger partial charge in [-0.2, -0.15) is 4.98 Å². The predicted octanol–water partition coefficient (Wildman–Crippen LogP) is 4.31. The van der Waals surface area contributed by atoms with Gasteiger partial charge in [-0.1, -0.05) is 38.1 Å². The number of aromatic nitrogens is 3. The molecule has 1 unspecified atom stereocenters. The Morgan fingerprint density at radius 1 is 1.25 bits per heavy atom. The lowest BCUT2D eigenvalue weighted by molar-refractivity contribution is 0.237. The van der Waals surface area contributed by atoms with Gasteiger partial charge in [-0.25, -0.2) is 4.98 Å². The molecule has 0 radical (unpaired) electrons. The van der Waals surface area contributed by atoms with Crippen molar-refractivity contribution >= 4 is 21.6 Å². The van der Waals surface area contributed by atoms with Crippen molar-refractivity contribution in [1.29, 1.82) is 0 Å². The molecule has 0 spiro atoms. The van der Waals surface area contributed by atoms with Crippen LogP contribution < -0.4 is 0 Å². The first-order valence-electron chi connectivity index (χ1n) is 8.43. The molecule has 6 heteroatoms. The summed E-state index contributed by atoms with van der Waals surface area (Å²) in [6.07, 6.45) is 2.33. The summed E-state index contributed by atoms with van der Waals surface area (Å²) in [6.45, 7) is 8.04. The zero-order valence-electron chi connectivity index (χ0n) is 14.3. The molecule has 4 rings (SSSR count). The lowest BCUT2D eigenvalue weighted by Gasteiger charge is -2.20. The van der Waals surface area contributed by atoms with Crippen molar-refractivity contribution in [3.63, 3.8) is 0 Å². The third kappa shape index (κ3) is 2.96. The molecular weight excluding hydrogens is 320 g/mol. The third-order valence-corrected chi connectivity index (χ3v) is 5.55. The number of fused-ring (bicyclic) bond motifs is 1. The van der Waals surface area contributed by atoms with E-state index in [4.69, 9.17) is 9.51 Å². The SMILES string of the molecule is CC(C)(C)c1nc(CN2CCCC2c2nc3ccccc3s2)no1. The smallest absolute Gasteiger partial charge is 0.232 e. The van der Waals surface area contributed by atoms with Crippen LogP contribution in [0.3, 0.4) is 0 Å². The van der Waals surface area contributed by atoms with Crippen LogP contribution in [0, 0.1) is 0 Å². The Morgan fingerprint density at radius 3 is 2.83 bits per heavy atom. The van der Waals surface area contributed by atoms with Gasteiger partial charge in [0.1, 0.15) is 5.01 Å². The average Bonchev–Trinajstić information content (AvgIpc) is 3.25. The number of rotatable bonds is 3. The predicted molar refractivity (Wildman–Crippen MR) is 95.0 cm³/mol. The molecule has 3 heterocycles. The summed E-state index contributed by atoms with van der Waals surface area (Å²) in [7, 11) is 0. The molecule has 1 aromatic carbocycles. The third-order valence-electron chi connectivity index (χ3n) is 4.41. The van der Waals surface area contributed by atoms with Crippen LogP contribution in [0.2, 0.25) is 0 Å². The highest BCUT2D eigenvalue weighted by Gasteiger charge is 2.30. The lowest BCUT2D eigenvalue weighted by Crippen LogP contribution is -2.23. The summed E-state index contributed by atoms with van der Waals surface area (Å²) in [5.41, 5.74) is 0.988. The highest BCUT2D eigenvalue weighted by Crippen LogP contribution is 2.37. The Morgan fingerprint density at radius 2 is 2.08 bits per heavy atom. The maximum atomic E-state index is 5.43. The van der Waals surface area contributed by atoms with Gasteiger partial charge in [-0.15, -0.1) is 11.3 Å². The molecule has 1 atom stereocenters. The van der Waals surface area contributed by atoms with E-state index in [0.717, 1.165) is 30.9 Å². The lowest BCUT2D eigenvalue weighted by atomic mass is 9.97. The van der Waals surface area contributed by atoms with Crippen LogP contribution in [0.15, 0.2) is 28.8 Å². The van der Waals surface area contributed by atoms with Gasteiger partial charge in [0.25, 0.3) is 0 Å². The van der Waals surface area contributed by atoms with Gasteiger partial charge < -0.3 is 4.52 Å². The summed E-state index contributed by atoms with van der Waals surface area (Å²) >= 11 is 1.80. The first-order valence-corrected chi connectivity index (χ1v) is 9.25. The summed E-state index contributed by atoms with van der Waals surface area (Å²) in [4.78, 5) is 11.8. The Balaban J connectivity index is 1.55. The molecule has 0 saturated carbocycles. The highest BCUT2D eigenvalue weighted by molar-refractivity contribution is 7.18. The number of para-hydroxylation sites is 1. The molecule has 126 valence electrons. The van der Waals surface area contributed by atoms with Crippen molar-refractivity contribution in [3.05, 3.63) is 41.0 Å². The summed E-state index contributed by atoms with van der Waals surface area (Å²) in [5, 5.41) is 5.37. The van der Waals surface area contributed by atoms with E-state index in [1.165, 1.54) is 16.1 Å². The normalized spacial score (nSPS) is 19.4. The van der Waals surface area contributed by atoms with Gasteiger partial charge in [0.05, 0.1) is 22.8 Å². The van der Waals surface area contributed by atoms with E-state index >= 15 is 0 Å². The van der Waals surface area contributed by atoms with Gasteiger partial charge in [-0.3, -0.25) is 4.90 Å². The summed E-state index contributed by atoms with van der Waals surface area (Å²) in [6, 6.07) is 8.71. The van der Waals surface area contributed by atoms with Crippen LogP contribution >= 0.6 is 11.3 Å². The van der Waals surface area contributed by atoms with Gasteiger partial charge >= 0.3 is 0 Å². The molecule has 2 aromatic heterocycles. The van der Waals surface area contributed by atoms with Crippen molar-refractivity contribution in [2.75, 3.05) is 6.54 Å². The van der Waals surface area contributed by atoms with Gasteiger partial charge in [0, 0.05) is 5.41 Å². The second-order valence-electron chi connectivity index (χ2n) is 7.41. The van der Waals surface area contributed by atoms with E-state index in [1.807, 2.05) is 6.07 Å². The van der Waals surface area contributed by atoms with Crippen molar-refractivity contribution in [2.45, 2.75) is 51.6 Å². The molecule has 0 aliphatic carbocycles. The number of hydrogen-bond acceptors (Lipinski definition) is 6. The molecule has 0 bridgehead atoms. The van der Waals surface area contributed by atoms with Crippen LogP contribution in [0.4, 0.5) is 0 Å². The van der Waals surface area contributed by atoms with E-state index in [1.54, 1.807) is 11.3 Å². The first kappa shape index (κ1) is 15.7. The minimum absolute atomic E-state index is 0.108. The van der Waals surface area contributed by atoms with Crippen molar-refractivity contribution in [1.82, 2.24) is 20.0 Å².